The van der Waals surface area contributed by atoms with Gasteiger partial charge in [-0.25, -0.2) is 4.98 Å². The molecule has 0 saturated carbocycles. The summed E-state index contributed by atoms with van der Waals surface area (Å²) in [5.41, 5.74) is 3.34. The Morgan fingerprint density at radius 1 is 1.30 bits per heavy atom. The number of aromatic nitrogens is 4. The van der Waals surface area contributed by atoms with Gasteiger partial charge in [0, 0.05) is 32.5 Å². The van der Waals surface area contributed by atoms with Crippen LogP contribution in [0.2, 0.25) is 0 Å². The highest BCUT2D eigenvalue weighted by molar-refractivity contribution is 5.44. The Morgan fingerprint density at radius 2 is 2.15 bits per heavy atom. The van der Waals surface area contributed by atoms with Crippen LogP contribution < -0.4 is 4.90 Å². The lowest BCUT2D eigenvalue weighted by atomic mass is 10.0. The van der Waals surface area contributed by atoms with E-state index in [-0.39, 0.29) is 0 Å². The van der Waals surface area contributed by atoms with Gasteiger partial charge in [0.05, 0.1) is 17.6 Å². The molecule has 0 N–H and O–H groups in total. The molecule has 1 fully saturated rings. The second-order valence-corrected chi connectivity index (χ2v) is 5.75. The van der Waals surface area contributed by atoms with Gasteiger partial charge in [-0.15, -0.1) is 0 Å². The summed E-state index contributed by atoms with van der Waals surface area (Å²) in [5, 5.41) is 4.24. The van der Waals surface area contributed by atoms with Crippen LogP contribution in [0.25, 0.3) is 0 Å². The number of rotatable bonds is 3. The summed E-state index contributed by atoms with van der Waals surface area (Å²) in [6.45, 7) is 6.17. The van der Waals surface area contributed by atoms with Gasteiger partial charge in [-0.05, 0) is 38.2 Å². The fourth-order valence-corrected chi connectivity index (χ4v) is 2.93. The molecule has 0 spiro atoms. The number of aryl methyl sites for hydroxylation is 3. The molecule has 0 bridgehead atoms. The molecular formula is C15H21N5. The predicted molar refractivity (Wildman–Crippen MR) is 78.7 cm³/mol. The van der Waals surface area contributed by atoms with Gasteiger partial charge in [-0.3, -0.25) is 9.67 Å². The fraction of sp³-hybridized carbons (Fsp3) is 0.533. The third-order valence-corrected chi connectivity index (χ3v) is 3.92. The molecule has 1 atom stereocenters. The predicted octanol–water partition coefficient (Wildman–Crippen LogP) is 1.90. The van der Waals surface area contributed by atoms with Crippen molar-refractivity contribution >= 4 is 5.82 Å². The third kappa shape index (κ3) is 2.66. The zero-order valence-electron chi connectivity index (χ0n) is 12.4. The summed E-state index contributed by atoms with van der Waals surface area (Å²) in [6, 6.07) is 0. The molecule has 0 aliphatic carbocycles. The van der Waals surface area contributed by atoms with E-state index in [0.717, 1.165) is 36.7 Å². The van der Waals surface area contributed by atoms with Crippen LogP contribution >= 0.6 is 0 Å². The summed E-state index contributed by atoms with van der Waals surface area (Å²) in [6.07, 6.45) is 8.23. The zero-order chi connectivity index (χ0) is 14.1. The molecule has 1 aliphatic rings. The molecule has 1 unspecified atom stereocenters. The molecule has 20 heavy (non-hydrogen) atoms. The van der Waals surface area contributed by atoms with Crippen molar-refractivity contribution in [3.63, 3.8) is 0 Å². The van der Waals surface area contributed by atoms with Crippen molar-refractivity contribution in [2.24, 2.45) is 13.0 Å². The minimum atomic E-state index is 0.681. The van der Waals surface area contributed by atoms with Crippen molar-refractivity contribution in [1.82, 2.24) is 19.7 Å². The summed E-state index contributed by atoms with van der Waals surface area (Å²) in [5.74, 6) is 1.74. The second kappa shape index (κ2) is 5.23. The first-order chi connectivity index (χ1) is 9.61. The summed E-state index contributed by atoms with van der Waals surface area (Å²) in [4.78, 5) is 11.4. The average Bonchev–Trinajstić information content (AvgIpc) is 3.02. The quantitative estimate of drug-likeness (QED) is 0.855. The Hall–Kier alpha value is -1.91. The smallest absolute Gasteiger partial charge is 0.150 e. The van der Waals surface area contributed by atoms with Crippen molar-refractivity contribution in [1.29, 1.82) is 0 Å². The highest BCUT2D eigenvalue weighted by atomic mass is 15.2. The molecule has 0 amide bonds. The minimum Gasteiger partial charge on any atom is -0.355 e. The van der Waals surface area contributed by atoms with E-state index in [2.05, 4.69) is 26.2 Å². The second-order valence-electron chi connectivity index (χ2n) is 5.75. The lowest BCUT2D eigenvalue weighted by Crippen LogP contribution is -2.23. The van der Waals surface area contributed by atoms with Gasteiger partial charge in [-0.1, -0.05) is 0 Å². The van der Waals surface area contributed by atoms with Crippen molar-refractivity contribution < 1.29 is 0 Å². The van der Waals surface area contributed by atoms with Gasteiger partial charge >= 0.3 is 0 Å². The maximum Gasteiger partial charge on any atom is 0.150 e. The van der Waals surface area contributed by atoms with Crippen LogP contribution in [0, 0.1) is 19.8 Å². The molecule has 2 aromatic rings. The molecule has 0 aromatic carbocycles. The van der Waals surface area contributed by atoms with Crippen LogP contribution in [0.5, 0.6) is 0 Å². The molecule has 1 saturated heterocycles. The molecular weight excluding hydrogens is 250 g/mol. The maximum atomic E-state index is 4.65. The number of hydrogen-bond acceptors (Lipinski definition) is 4. The van der Waals surface area contributed by atoms with Gasteiger partial charge in [0.1, 0.15) is 5.82 Å². The number of hydrogen-bond donors (Lipinski definition) is 0. The van der Waals surface area contributed by atoms with Gasteiger partial charge in [-0.2, -0.15) is 5.10 Å². The first-order valence-corrected chi connectivity index (χ1v) is 7.14. The molecule has 2 aromatic heterocycles. The van der Waals surface area contributed by atoms with Crippen molar-refractivity contribution in [2.45, 2.75) is 26.7 Å². The van der Waals surface area contributed by atoms with Gasteiger partial charge < -0.3 is 4.90 Å². The molecule has 0 radical (unpaired) electrons. The number of anilines is 1. The largest absolute Gasteiger partial charge is 0.355 e. The SMILES string of the molecule is Cc1cnc(C)c(N2CCC(Cc3cnn(C)c3)C2)n1. The summed E-state index contributed by atoms with van der Waals surface area (Å²) < 4.78 is 1.87. The Kier molecular flexibility index (Phi) is 3.42. The molecule has 1 aliphatic heterocycles. The van der Waals surface area contributed by atoms with Crippen LogP contribution in [0.3, 0.4) is 0 Å². The molecule has 5 heteroatoms. The monoisotopic (exact) mass is 271 g/mol. The Balaban J connectivity index is 1.68. The van der Waals surface area contributed by atoms with Crippen LogP contribution in [0.1, 0.15) is 23.4 Å². The lowest BCUT2D eigenvalue weighted by molar-refractivity contribution is 0.585. The van der Waals surface area contributed by atoms with Crippen molar-refractivity contribution in [3.8, 4) is 0 Å². The number of nitrogens with zero attached hydrogens (tertiary/aromatic N) is 5. The van der Waals surface area contributed by atoms with Gasteiger partial charge in [0.25, 0.3) is 0 Å². The maximum absolute atomic E-state index is 4.65. The van der Waals surface area contributed by atoms with Crippen molar-refractivity contribution in [2.75, 3.05) is 18.0 Å². The van der Waals surface area contributed by atoms with Crippen LogP contribution in [-0.2, 0) is 13.5 Å². The molecule has 3 rings (SSSR count). The van der Waals surface area contributed by atoms with E-state index in [1.165, 1.54) is 12.0 Å². The standard InChI is InChI=1S/C15H21N5/c1-11-7-16-12(2)15(18-11)20-5-4-13(10-20)6-14-8-17-19(3)9-14/h7-9,13H,4-6,10H2,1-3H3. The van der Waals surface area contributed by atoms with Crippen LogP contribution in [0.4, 0.5) is 5.82 Å². The van der Waals surface area contributed by atoms with E-state index in [1.807, 2.05) is 38.0 Å². The summed E-state index contributed by atoms with van der Waals surface area (Å²) >= 11 is 0. The Bertz CT molecular complexity index is 604. The Labute approximate surface area is 119 Å². The first-order valence-electron chi connectivity index (χ1n) is 7.14. The van der Waals surface area contributed by atoms with E-state index in [4.69, 9.17) is 0 Å². The van der Waals surface area contributed by atoms with Gasteiger partial charge in [0.2, 0.25) is 0 Å². The van der Waals surface area contributed by atoms with Gasteiger partial charge in [0.15, 0.2) is 0 Å². The highest BCUT2D eigenvalue weighted by Crippen LogP contribution is 2.26. The third-order valence-electron chi connectivity index (χ3n) is 3.92. The summed E-state index contributed by atoms with van der Waals surface area (Å²) in [7, 11) is 1.97. The van der Waals surface area contributed by atoms with E-state index in [0.29, 0.717) is 5.92 Å². The van der Waals surface area contributed by atoms with E-state index >= 15 is 0 Å². The Morgan fingerprint density at radius 3 is 2.90 bits per heavy atom. The van der Waals surface area contributed by atoms with E-state index in [9.17, 15) is 0 Å². The molecule has 106 valence electrons. The fourth-order valence-electron chi connectivity index (χ4n) is 2.93. The van der Waals surface area contributed by atoms with Crippen LogP contribution in [-0.4, -0.2) is 32.8 Å². The van der Waals surface area contributed by atoms with E-state index in [1.54, 1.807) is 0 Å². The van der Waals surface area contributed by atoms with Crippen LogP contribution in [0.15, 0.2) is 18.6 Å². The molecule has 3 heterocycles. The normalized spacial score (nSPS) is 18.8. The topological polar surface area (TPSA) is 46.8 Å². The van der Waals surface area contributed by atoms with Crippen molar-refractivity contribution in [3.05, 3.63) is 35.5 Å². The molecule has 5 nitrogen and oxygen atoms in total. The van der Waals surface area contributed by atoms with E-state index < -0.39 is 0 Å². The average molecular weight is 271 g/mol. The minimum absolute atomic E-state index is 0.681. The lowest BCUT2D eigenvalue weighted by Gasteiger charge is -2.19. The zero-order valence-corrected chi connectivity index (χ0v) is 12.4. The first kappa shape index (κ1) is 13.1. The highest BCUT2D eigenvalue weighted by Gasteiger charge is 2.25.